The Morgan fingerprint density at radius 3 is 2.54 bits per heavy atom. The number of carbonyl (C=O) groups excluding carboxylic acids is 1. The van der Waals surface area contributed by atoms with Gasteiger partial charge in [-0.3, -0.25) is 0 Å². The number of benzene rings is 1. The Balaban J connectivity index is 2.60. The van der Waals surface area contributed by atoms with Crippen molar-refractivity contribution in [3.05, 3.63) is 41.1 Å². The molecule has 0 aromatic heterocycles. The van der Waals surface area contributed by atoms with E-state index < -0.39 is 18.6 Å². The first-order valence-electron chi connectivity index (χ1n) is 7.28. The van der Waals surface area contributed by atoms with Crippen LogP contribution in [-0.2, 0) is 9.53 Å². The van der Waals surface area contributed by atoms with E-state index in [1.807, 2.05) is 13.8 Å². The summed E-state index contributed by atoms with van der Waals surface area (Å²) in [6.45, 7) is 0.797. The average molecular weight is 356 g/mol. The summed E-state index contributed by atoms with van der Waals surface area (Å²) >= 11 is 5.19. The van der Waals surface area contributed by atoms with Crippen LogP contribution in [0.5, 0.6) is 5.75 Å². The molecule has 0 spiro atoms. The molecule has 2 rings (SSSR count). The van der Waals surface area contributed by atoms with E-state index in [2.05, 4.69) is 15.4 Å². The summed E-state index contributed by atoms with van der Waals surface area (Å²) in [5.74, 6) is -0.651. The molecule has 0 amide bonds. The molecule has 1 aliphatic heterocycles. The number of esters is 1. The Morgan fingerprint density at radius 2 is 1.96 bits per heavy atom. The van der Waals surface area contributed by atoms with E-state index in [4.69, 9.17) is 17.0 Å². The van der Waals surface area contributed by atoms with Gasteiger partial charge in [-0.15, -0.1) is 0 Å². The number of para-hydroxylation sites is 1. The first kappa shape index (κ1) is 18.1. The zero-order valence-electron chi connectivity index (χ0n) is 13.4. The van der Waals surface area contributed by atoms with Crippen LogP contribution in [0.2, 0.25) is 0 Å². The Kier molecular flexibility index (Phi) is 5.71. The zero-order chi connectivity index (χ0) is 17.9. The van der Waals surface area contributed by atoms with Crippen LogP contribution in [0.15, 0.2) is 35.5 Å². The van der Waals surface area contributed by atoms with Gasteiger partial charge in [-0.05, 0) is 24.2 Å². The van der Waals surface area contributed by atoms with Crippen molar-refractivity contribution >= 4 is 23.3 Å². The van der Waals surface area contributed by atoms with Gasteiger partial charge in [-0.2, -0.15) is 8.78 Å². The lowest BCUT2D eigenvalue weighted by Gasteiger charge is -2.33. The number of thiocarbonyl (C=S) groups is 1. The molecule has 2 N–H and O–H groups in total. The molecule has 0 saturated heterocycles. The molecule has 0 bridgehead atoms. The smallest absolute Gasteiger partial charge is 0.387 e. The van der Waals surface area contributed by atoms with Gasteiger partial charge in [0.2, 0.25) is 0 Å². The van der Waals surface area contributed by atoms with E-state index in [9.17, 15) is 13.6 Å². The van der Waals surface area contributed by atoms with Gasteiger partial charge in [0.1, 0.15) is 5.75 Å². The molecule has 0 saturated carbocycles. The van der Waals surface area contributed by atoms with Crippen molar-refractivity contribution in [1.82, 2.24) is 10.6 Å². The third kappa shape index (κ3) is 3.81. The average Bonchev–Trinajstić information content (AvgIpc) is 2.53. The van der Waals surface area contributed by atoms with Crippen molar-refractivity contribution in [3.63, 3.8) is 0 Å². The van der Waals surface area contributed by atoms with E-state index in [0.29, 0.717) is 16.4 Å². The van der Waals surface area contributed by atoms with Gasteiger partial charge < -0.3 is 20.1 Å². The minimum absolute atomic E-state index is 0.0285. The van der Waals surface area contributed by atoms with Gasteiger partial charge in [-0.25, -0.2) is 4.79 Å². The van der Waals surface area contributed by atoms with E-state index in [-0.39, 0.29) is 17.2 Å². The second-order valence-electron chi connectivity index (χ2n) is 5.42. The molecular formula is C16H18F2N2O3S. The third-order valence-corrected chi connectivity index (χ3v) is 3.75. The van der Waals surface area contributed by atoms with Crippen molar-refractivity contribution in [3.8, 4) is 5.75 Å². The maximum absolute atomic E-state index is 12.7. The predicted octanol–water partition coefficient (Wildman–Crippen LogP) is 2.89. The maximum atomic E-state index is 12.7. The summed E-state index contributed by atoms with van der Waals surface area (Å²) in [4.78, 5) is 12.3. The third-order valence-electron chi connectivity index (χ3n) is 3.53. The van der Waals surface area contributed by atoms with Gasteiger partial charge in [-0.1, -0.05) is 32.0 Å². The van der Waals surface area contributed by atoms with Crippen molar-refractivity contribution in [2.75, 3.05) is 7.11 Å². The number of alkyl halides is 2. The zero-order valence-corrected chi connectivity index (χ0v) is 14.2. The normalized spacial score (nSPS) is 17.6. The molecule has 0 unspecified atom stereocenters. The molecule has 130 valence electrons. The van der Waals surface area contributed by atoms with Crippen LogP contribution >= 0.6 is 12.2 Å². The first-order chi connectivity index (χ1) is 11.3. The maximum Gasteiger partial charge on any atom is 0.387 e. The fourth-order valence-electron chi connectivity index (χ4n) is 2.53. The monoisotopic (exact) mass is 356 g/mol. The van der Waals surface area contributed by atoms with Gasteiger partial charge in [0, 0.05) is 11.3 Å². The molecule has 1 aromatic carbocycles. The van der Waals surface area contributed by atoms with Gasteiger partial charge in [0.15, 0.2) is 5.11 Å². The quantitative estimate of drug-likeness (QED) is 0.625. The summed E-state index contributed by atoms with van der Waals surface area (Å²) in [6.07, 6.45) is 0. The molecule has 1 aliphatic rings. The number of nitrogens with one attached hydrogen (secondary N) is 2. The molecule has 8 heteroatoms. The van der Waals surface area contributed by atoms with Gasteiger partial charge >= 0.3 is 12.6 Å². The molecule has 1 atom stereocenters. The summed E-state index contributed by atoms with van der Waals surface area (Å²) in [7, 11) is 1.26. The molecule has 1 heterocycles. The van der Waals surface area contributed by atoms with Crippen LogP contribution in [0.3, 0.4) is 0 Å². The van der Waals surface area contributed by atoms with Crippen LogP contribution in [0.4, 0.5) is 8.78 Å². The van der Waals surface area contributed by atoms with Crippen LogP contribution < -0.4 is 15.4 Å². The fraction of sp³-hybridized carbons (Fsp3) is 0.375. The molecule has 0 aliphatic carbocycles. The summed E-state index contributed by atoms with van der Waals surface area (Å²) in [5.41, 5.74) is 1.24. The topological polar surface area (TPSA) is 59.6 Å². The number of hydrogen-bond donors (Lipinski definition) is 2. The lowest BCUT2D eigenvalue weighted by atomic mass is 9.91. The van der Waals surface area contributed by atoms with Crippen molar-refractivity contribution in [2.45, 2.75) is 26.5 Å². The number of ether oxygens (including phenoxy) is 2. The summed E-state index contributed by atoms with van der Waals surface area (Å²) < 4.78 is 34.8. The standard InChI is InChI=1S/C16H18F2N2O3S/c1-8(2)12-11(14(21)22-3)13(20-16(24)19-12)9-6-4-5-7-10(9)23-15(17)18/h4-8,13,15H,1-3H3,(H2,19,20,24)/t13-/m1/s1. The SMILES string of the molecule is COC(=O)C1=C(C(C)C)NC(=S)N[C@@H]1c1ccccc1OC(F)F. The lowest BCUT2D eigenvalue weighted by molar-refractivity contribution is -0.136. The molecule has 0 fully saturated rings. The highest BCUT2D eigenvalue weighted by Crippen LogP contribution is 2.35. The first-order valence-corrected chi connectivity index (χ1v) is 7.69. The van der Waals surface area contributed by atoms with E-state index >= 15 is 0 Å². The number of allylic oxidation sites excluding steroid dienone is 1. The van der Waals surface area contributed by atoms with Crippen molar-refractivity contribution in [2.24, 2.45) is 5.92 Å². The van der Waals surface area contributed by atoms with Crippen LogP contribution in [0, 0.1) is 5.92 Å². The molecule has 5 nitrogen and oxygen atoms in total. The molecule has 0 radical (unpaired) electrons. The highest BCUT2D eigenvalue weighted by molar-refractivity contribution is 7.80. The van der Waals surface area contributed by atoms with Crippen molar-refractivity contribution in [1.29, 1.82) is 0 Å². The van der Waals surface area contributed by atoms with Crippen molar-refractivity contribution < 1.29 is 23.0 Å². The highest BCUT2D eigenvalue weighted by atomic mass is 32.1. The minimum atomic E-state index is -2.98. The number of carbonyl (C=O) groups is 1. The summed E-state index contributed by atoms with van der Waals surface area (Å²) in [5, 5.41) is 6.18. The largest absolute Gasteiger partial charge is 0.466 e. The van der Waals surface area contributed by atoms with Gasteiger partial charge in [0.05, 0.1) is 18.7 Å². The fourth-order valence-corrected chi connectivity index (χ4v) is 2.76. The Hall–Kier alpha value is -2.22. The van der Waals surface area contributed by atoms with E-state index in [0.717, 1.165) is 0 Å². The number of hydrogen-bond acceptors (Lipinski definition) is 4. The number of halogens is 2. The van der Waals surface area contributed by atoms with Crippen LogP contribution in [-0.4, -0.2) is 24.8 Å². The molecular weight excluding hydrogens is 338 g/mol. The van der Waals surface area contributed by atoms with E-state index in [1.165, 1.54) is 13.2 Å². The summed E-state index contributed by atoms with van der Waals surface area (Å²) in [6, 6.07) is 5.51. The molecule has 24 heavy (non-hydrogen) atoms. The number of methoxy groups -OCH3 is 1. The van der Waals surface area contributed by atoms with Crippen LogP contribution in [0.1, 0.15) is 25.5 Å². The highest BCUT2D eigenvalue weighted by Gasteiger charge is 2.34. The minimum Gasteiger partial charge on any atom is -0.466 e. The Labute approximate surface area is 144 Å². The number of rotatable bonds is 5. The Morgan fingerprint density at radius 1 is 1.29 bits per heavy atom. The molecule has 1 aromatic rings. The van der Waals surface area contributed by atoms with Gasteiger partial charge in [0.25, 0.3) is 0 Å². The predicted molar refractivity (Wildman–Crippen MR) is 88.6 cm³/mol. The second-order valence-corrected chi connectivity index (χ2v) is 5.83. The van der Waals surface area contributed by atoms with E-state index in [1.54, 1.807) is 18.2 Å². The Bertz CT molecular complexity index is 677. The van der Waals surface area contributed by atoms with Crippen LogP contribution in [0.25, 0.3) is 0 Å². The second kappa shape index (κ2) is 7.57. The lowest BCUT2D eigenvalue weighted by Crippen LogP contribution is -2.47.